The standard InChI is InChI=1S/C24H26N2O2S/c1-4-14-26-16(3)19(17-10-6-8-12-20(17)26)15-25-23-22(24(27)28-5-2)18-11-7-9-13-21(18)29-23/h4,6,8,10,12,15H,1,5,7,9,11,13-14H2,2-3H3. The average Bonchev–Trinajstić information content (AvgIpc) is 3.22. The minimum atomic E-state index is -0.246. The molecule has 0 amide bonds. The Kier molecular flexibility index (Phi) is 5.67. The number of rotatable bonds is 6. The number of hydrogen-bond acceptors (Lipinski definition) is 4. The molecule has 1 aliphatic rings. The van der Waals surface area contributed by atoms with Gasteiger partial charge in [0.15, 0.2) is 0 Å². The zero-order chi connectivity index (χ0) is 20.4. The van der Waals surface area contributed by atoms with Crippen LogP contribution in [0.25, 0.3) is 10.9 Å². The van der Waals surface area contributed by atoms with E-state index in [1.54, 1.807) is 11.3 Å². The second kappa shape index (κ2) is 8.37. The lowest BCUT2D eigenvalue weighted by Crippen LogP contribution is -2.09. The Morgan fingerprint density at radius 3 is 2.90 bits per heavy atom. The summed E-state index contributed by atoms with van der Waals surface area (Å²) in [4.78, 5) is 18.8. The van der Waals surface area contributed by atoms with Crippen LogP contribution in [0.1, 0.15) is 51.8 Å². The first-order chi connectivity index (χ1) is 14.2. The molecule has 29 heavy (non-hydrogen) atoms. The molecule has 5 heteroatoms. The van der Waals surface area contributed by atoms with Gasteiger partial charge in [-0.25, -0.2) is 9.79 Å². The van der Waals surface area contributed by atoms with Gasteiger partial charge in [-0.15, -0.1) is 17.9 Å². The van der Waals surface area contributed by atoms with Crippen LogP contribution in [0, 0.1) is 6.92 Å². The molecule has 2 aromatic heterocycles. The van der Waals surface area contributed by atoms with E-state index in [0.29, 0.717) is 12.2 Å². The summed E-state index contributed by atoms with van der Waals surface area (Å²) in [6.45, 7) is 8.97. The molecule has 1 aromatic carbocycles. The van der Waals surface area contributed by atoms with E-state index in [1.807, 2.05) is 25.3 Å². The van der Waals surface area contributed by atoms with E-state index in [0.717, 1.165) is 53.0 Å². The Labute approximate surface area is 175 Å². The molecular formula is C24H26N2O2S. The van der Waals surface area contributed by atoms with Gasteiger partial charge in [0.05, 0.1) is 12.2 Å². The lowest BCUT2D eigenvalue weighted by molar-refractivity contribution is 0.0526. The van der Waals surface area contributed by atoms with E-state index in [9.17, 15) is 4.79 Å². The number of para-hydroxylation sites is 1. The number of hydrogen-bond donors (Lipinski definition) is 0. The number of thiophene rings is 1. The predicted molar refractivity (Wildman–Crippen MR) is 121 cm³/mol. The van der Waals surface area contributed by atoms with Crippen molar-refractivity contribution in [2.75, 3.05) is 6.61 Å². The highest BCUT2D eigenvalue weighted by atomic mass is 32.1. The zero-order valence-electron chi connectivity index (χ0n) is 17.0. The number of nitrogens with zero attached hydrogens (tertiary/aromatic N) is 2. The van der Waals surface area contributed by atoms with Crippen LogP contribution in [0.4, 0.5) is 5.00 Å². The van der Waals surface area contributed by atoms with Crippen molar-refractivity contribution in [3.8, 4) is 0 Å². The van der Waals surface area contributed by atoms with E-state index in [2.05, 4.69) is 36.3 Å². The Morgan fingerprint density at radius 1 is 1.31 bits per heavy atom. The fourth-order valence-electron chi connectivity index (χ4n) is 4.16. The van der Waals surface area contributed by atoms with Gasteiger partial charge in [0.1, 0.15) is 5.00 Å². The van der Waals surface area contributed by atoms with Crippen LogP contribution in [-0.2, 0) is 24.1 Å². The minimum Gasteiger partial charge on any atom is -0.462 e. The van der Waals surface area contributed by atoms with Crippen molar-refractivity contribution in [2.45, 2.75) is 46.1 Å². The molecule has 0 radical (unpaired) electrons. The van der Waals surface area contributed by atoms with Gasteiger partial charge < -0.3 is 9.30 Å². The summed E-state index contributed by atoms with van der Waals surface area (Å²) in [7, 11) is 0. The second-order valence-corrected chi connectivity index (χ2v) is 8.37. The third kappa shape index (κ3) is 3.55. The molecular weight excluding hydrogens is 380 g/mol. The van der Waals surface area contributed by atoms with Gasteiger partial charge in [-0.1, -0.05) is 24.3 Å². The number of ether oxygens (including phenoxy) is 1. The van der Waals surface area contributed by atoms with Gasteiger partial charge >= 0.3 is 5.97 Å². The maximum absolute atomic E-state index is 12.7. The molecule has 0 fully saturated rings. The Hall–Kier alpha value is -2.66. The molecule has 3 aromatic rings. The summed E-state index contributed by atoms with van der Waals surface area (Å²) in [5.74, 6) is -0.246. The maximum atomic E-state index is 12.7. The summed E-state index contributed by atoms with van der Waals surface area (Å²) < 4.78 is 7.60. The summed E-state index contributed by atoms with van der Waals surface area (Å²) in [6, 6.07) is 8.34. The monoisotopic (exact) mass is 406 g/mol. The molecule has 0 saturated carbocycles. The van der Waals surface area contributed by atoms with Crippen LogP contribution >= 0.6 is 11.3 Å². The Morgan fingerprint density at radius 2 is 2.10 bits per heavy atom. The lowest BCUT2D eigenvalue weighted by atomic mass is 9.95. The number of aromatic nitrogens is 1. The average molecular weight is 407 g/mol. The maximum Gasteiger partial charge on any atom is 0.341 e. The van der Waals surface area contributed by atoms with Gasteiger partial charge in [0, 0.05) is 39.8 Å². The number of fused-ring (bicyclic) bond motifs is 2. The first kappa shape index (κ1) is 19.6. The van der Waals surface area contributed by atoms with Crippen molar-refractivity contribution in [1.82, 2.24) is 4.57 Å². The van der Waals surface area contributed by atoms with Crippen LogP contribution in [0.2, 0.25) is 0 Å². The number of carbonyl (C=O) groups excluding carboxylic acids is 1. The van der Waals surface area contributed by atoms with Gasteiger partial charge in [0.25, 0.3) is 0 Å². The van der Waals surface area contributed by atoms with Crippen molar-refractivity contribution in [1.29, 1.82) is 0 Å². The zero-order valence-corrected chi connectivity index (χ0v) is 17.8. The lowest BCUT2D eigenvalue weighted by Gasteiger charge is -2.11. The largest absolute Gasteiger partial charge is 0.462 e. The summed E-state index contributed by atoms with van der Waals surface area (Å²) in [5.41, 5.74) is 5.23. The SMILES string of the molecule is C=CCn1c(C)c(C=Nc2sc3c(c2C(=O)OCC)CCCC3)c2ccccc21. The molecule has 1 aliphatic carbocycles. The Balaban J connectivity index is 1.81. The molecule has 4 nitrogen and oxygen atoms in total. The molecule has 150 valence electrons. The third-order valence-electron chi connectivity index (χ3n) is 5.53. The second-order valence-electron chi connectivity index (χ2n) is 7.29. The Bertz CT molecular complexity index is 1100. The molecule has 0 bridgehead atoms. The van der Waals surface area contributed by atoms with Gasteiger partial charge in [-0.3, -0.25) is 0 Å². The summed E-state index contributed by atoms with van der Waals surface area (Å²) in [6.07, 6.45) is 8.08. The number of esters is 1. The molecule has 4 rings (SSSR count). The number of carbonyl (C=O) groups is 1. The molecule has 0 aliphatic heterocycles. The third-order valence-corrected chi connectivity index (χ3v) is 6.73. The predicted octanol–water partition coefficient (Wildman–Crippen LogP) is 6.00. The number of aryl methyl sites for hydroxylation is 1. The molecule has 2 heterocycles. The molecule has 0 unspecified atom stereocenters. The van der Waals surface area contributed by atoms with Gasteiger partial charge in [-0.2, -0.15) is 0 Å². The quantitative estimate of drug-likeness (QED) is 0.286. The number of benzene rings is 1. The van der Waals surface area contributed by atoms with Crippen LogP contribution in [0.5, 0.6) is 0 Å². The van der Waals surface area contributed by atoms with Crippen LogP contribution < -0.4 is 0 Å². The highest BCUT2D eigenvalue weighted by Gasteiger charge is 2.26. The molecule has 0 atom stereocenters. The fourth-order valence-corrected chi connectivity index (χ4v) is 5.39. The fraction of sp³-hybridized carbons (Fsp3) is 0.333. The summed E-state index contributed by atoms with van der Waals surface area (Å²) >= 11 is 1.64. The van der Waals surface area contributed by atoms with Gasteiger partial charge in [0.2, 0.25) is 0 Å². The van der Waals surface area contributed by atoms with Crippen molar-refractivity contribution in [2.24, 2.45) is 4.99 Å². The topological polar surface area (TPSA) is 43.6 Å². The van der Waals surface area contributed by atoms with E-state index >= 15 is 0 Å². The van der Waals surface area contributed by atoms with Crippen molar-refractivity contribution < 1.29 is 9.53 Å². The number of allylic oxidation sites excluding steroid dienone is 1. The van der Waals surface area contributed by atoms with E-state index in [4.69, 9.17) is 9.73 Å². The minimum absolute atomic E-state index is 0.246. The van der Waals surface area contributed by atoms with Crippen molar-refractivity contribution in [3.05, 3.63) is 64.2 Å². The first-order valence-corrected chi connectivity index (χ1v) is 11.0. The highest BCUT2D eigenvalue weighted by molar-refractivity contribution is 7.16. The van der Waals surface area contributed by atoms with E-state index < -0.39 is 0 Å². The van der Waals surface area contributed by atoms with Crippen LogP contribution in [0.3, 0.4) is 0 Å². The number of aliphatic imine (C=N–C) groups is 1. The van der Waals surface area contributed by atoms with Crippen molar-refractivity contribution >= 4 is 39.4 Å². The van der Waals surface area contributed by atoms with E-state index in [1.165, 1.54) is 16.8 Å². The van der Waals surface area contributed by atoms with Crippen LogP contribution in [0.15, 0.2) is 41.9 Å². The van der Waals surface area contributed by atoms with Crippen molar-refractivity contribution in [3.63, 3.8) is 0 Å². The first-order valence-electron chi connectivity index (χ1n) is 10.2. The highest BCUT2D eigenvalue weighted by Crippen LogP contribution is 2.40. The molecule has 0 N–H and O–H groups in total. The normalized spacial score (nSPS) is 13.7. The molecule has 0 saturated heterocycles. The smallest absolute Gasteiger partial charge is 0.341 e. The van der Waals surface area contributed by atoms with Crippen LogP contribution in [-0.4, -0.2) is 23.4 Å². The van der Waals surface area contributed by atoms with E-state index in [-0.39, 0.29) is 5.97 Å². The molecule has 0 spiro atoms. The summed E-state index contributed by atoms with van der Waals surface area (Å²) in [5, 5.41) is 1.94. The van der Waals surface area contributed by atoms with Gasteiger partial charge in [-0.05, 0) is 51.2 Å².